The smallest absolute Gasteiger partial charge is 0.407 e. The van der Waals surface area contributed by atoms with Gasteiger partial charge in [0.05, 0.1) is 6.10 Å². The van der Waals surface area contributed by atoms with Gasteiger partial charge in [0.25, 0.3) is 0 Å². The zero-order chi connectivity index (χ0) is 10.4. The van der Waals surface area contributed by atoms with Crippen LogP contribution in [0.25, 0.3) is 0 Å². The summed E-state index contributed by atoms with van der Waals surface area (Å²) in [5.74, 6) is 0. The van der Waals surface area contributed by atoms with Crippen molar-refractivity contribution in [2.24, 2.45) is 0 Å². The van der Waals surface area contributed by atoms with E-state index in [-0.39, 0.29) is 6.10 Å². The number of amides is 1. The number of carbonyl (C=O) groups excluding carboxylic acids is 1. The molecule has 1 amide bonds. The first kappa shape index (κ1) is 11.3. The fourth-order valence-corrected chi connectivity index (χ4v) is 1.61. The van der Waals surface area contributed by atoms with Gasteiger partial charge >= 0.3 is 6.09 Å². The molecule has 1 rings (SSSR count). The van der Waals surface area contributed by atoms with Crippen LogP contribution in [0.15, 0.2) is 0 Å². The van der Waals surface area contributed by atoms with E-state index in [1.807, 2.05) is 0 Å². The number of carbonyl (C=O) groups is 1. The van der Waals surface area contributed by atoms with Crippen LogP contribution in [-0.2, 0) is 4.74 Å². The first-order valence-corrected chi connectivity index (χ1v) is 5.36. The Labute approximate surface area is 84.6 Å². The zero-order valence-electron chi connectivity index (χ0n) is 8.66. The summed E-state index contributed by atoms with van der Waals surface area (Å²) in [4.78, 5) is 10.9. The third-order valence-corrected chi connectivity index (χ3v) is 2.49. The molecule has 2 atom stereocenters. The van der Waals surface area contributed by atoms with Gasteiger partial charge in [-0.3, -0.25) is 0 Å². The maximum atomic E-state index is 10.9. The number of rotatable bonds is 5. The zero-order valence-corrected chi connectivity index (χ0v) is 8.66. The molecule has 4 nitrogen and oxygen atoms in total. The molecule has 0 aromatic rings. The Morgan fingerprint density at radius 3 is 3.07 bits per heavy atom. The highest BCUT2D eigenvalue weighted by Crippen LogP contribution is 2.14. The van der Waals surface area contributed by atoms with Crippen LogP contribution in [0.4, 0.5) is 4.79 Å². The molecule has 0 aliphatic carbocycles. The molecular weight excluding hydrogens is 182 g/mol. The summed E-state index contributed by atoms with van der Waals surface area (Å²) >= 11 is 0. The van der Waals surface area contributed by atoms with Gasteiger partial charge in [-0.2, -0.15) is 0 Å². The van der Waals surface area contributed by atoms with Gasteiger partial charge in [-0.25, -0.2) is 4.79 Å². The van der Waals surface area contributed by atoms with E-state index in [0.29, 0.717) is 13.0 Å². The van der Waals surface area contributed by atoms with Crippen molar-refractivity contribution in [1.82, 2.24) is 5.32 Å². The molecule has 0 radical (unpaired) electrons. The number of nitrogens with one attached hydrogen (secondary N) is 1. The third-order valence-electron chi connectivity index (χ3n) is 2.49. The molecule has 2 unspecified atom stereocenters. The summed E-state index contributed by atoms with van der Waals surface area (Å²) in [7, 11) is 0. The van der Waals surface area contributed by atoms with E-state index in [4.69, 9.17) is 4.74 Å². The Bertz CT molecular complexity index is 184. The van der Waals surface area contributed by atoms with Crippen LogP contribution in [0.1, 0.15) is 39.0 Å². The van der Waals surface area contributed by atoms with E-state index in [2.05, 4.69) is 12.2 Å². The summed E-state index contributed by atoms with van der Waals surface area (Å²) in [6.07, 6.45) is 3.49. The lowest BCUT2D eigenvalue weighted by atomic mass is 10.0. The average molecular weight is 201 g/mol. The van der Waals surface area contributed by atoms with Crippen LogP contribution < -0.4 is 5.32 Å². The maximum Gasteiger partial charge on any atom is 0.407 e. The molecule has 2 N–H and O–H groups in total. The van der Waals surface area contributed by atoms with Crippen molar-refractivity contribution in [3.8, 4) is 0 Å². The lowest BCUT2D eigenvalue weighted by molar-refractivity contribution is -0.0177. The Morgan fingerprint density at radius 2 is 2.43 bits per heavy atom. The van der Waals surface area contributed by atoms with Gasteiger partial charge in [-0.1, -0.05) is 26.2 Å². The molecule has 1 aliphatic heterocycles. The summed E-state index contributed by atoms with van der Waals surface area (Å²) < 4.78 is 4.98. The van der Waals surface area contributed by atoms with Crippen LogP contribution in [-0.4, -0.2) is 30.0 Å². The Kier molecular flexibility index (Phi) is 4.73. The van der Waals surface area contributed by atoms with Crippen LogP contribution in [0.5, 0.6) is 0 Å². The van der Waals surface area contributed by atoms with Gasteiger partial charge in [0, 0.05) is 13.0 Å². The monoisotopic (exact) mass is 201 g/mol. The van der Waals surface area contributed by atoms with Gasteiger partial charge < -0.3 is 15.2 Å². The highest BCUT2D eigenvalue weighted by Gasteiger charge is 2.26. The van der Waals surface area contributed by atoms with Crippen LogP contribution in [0.2, 0.25) is 0 Å². The van der Waals surface area contributed by atoms with Crippen molar-refractivity contribution >= 4 is 6.09 Å². The molecule has 1 aliphatic rings. The summed E-state index contributed by atoms with van der Waals surface area (Å²) in [5.41, 5.74) is 0. The molecule has 0 spiro atoms. The predicted octanol–water partition coefficient (Wildman–Crippen LogP) is 1.43. The fraction of sp³-hybridized carbons (Fsp3) is 0.900. The van der Waals surface area contributed by atoms with Gasteiger partial charge in [0.1, 0.15) is 6.10 Å². The molecule has 0 aromatic carbocycles. The summed E-state index contributed by atoms with van der Waals surface area (Å²) in [6.45, 7) is 2.73. The van der Waals surface area contributed by atoms with Crippen molar-refractivity contribution in [3.05, 3.63) is 0 Å². The van der Waals surface area contributed by atoms with Crippen molar-refractivity contribution in [3.63, 3.8) is 0 Å². The lowest BCUT2D eigenvalue weighted by Crippen LogP contribution is -2.43. The minimum absolute atomic E-state index is 0.305. The van der Waals surface area contributed by atoms with Crippen LogP contribution >= 0.6 is 0 Å². The SMILES string of the molecule is CCCCCC(O)C1CCNC(=O)O1. The van der Waals surface area contributed by atoms with Crippen molar-refractivity contribution in [2.45, 2.75) is 51.2 Å². The molecule has 1 saturated heterocycles. The first-order valence-electron chi connectivity index (χ1n) is 5.36. The molecule has 82 valence electrons. The van der Waals surface area contributed by atoms with E-state index in [1.165, 1.54) is 0 Å². The van der Waals surface area contributed by atoms with Gasteiger partial charge in [0.15, 0.2) is 0 Å². The number of aliphatic hydroxyl groups excluding tert-OH is 1. The quantitative estimate of drug-likeness (QED) is 0.661. The van der Waals surface area contributed by atoms with Gasteiger partial charge in [-0.15, -0.1) is 0 Å². The van der Waals surface area contributed by atoms with E-state index < -0.39 is 12.2 Å². The van der Waals surface area contributed by atoms with E-state index in [9.17, 15) is 9.90 Å². The summed E-state index contributed by atoms with van der Waals surface area (Å²) in [5, 5.41) is 12.3. The van der Waals surface area contributed by atoms with E-state index in [0.717, 1.165) is 25.7 Å². The second-order valence-electron chi connectivity index (χ2n) is 3.72. The molecule has 0 bridgehead atoms. The predicted molar refractivity (Wildman–Crippen MR) is 53.0 cm³/mol. The average Bonchev–Trinajstić information content (AvgIpc) is 2.18. The molecular formula is C10H19NO3. The van der Waals surface area contributed by atoms with Crippen molar-refractivity contribution in [1.29, 1.82) is 0 Å². The number of hydrogen-bond donors (Lipinski definition) is 2. The molecule has 4 heteroatoms. The third kappa shape index (κ3) is 3.54. The van der Waals surface area contributed by atoms with E-state index >= 15 is 0 Å². The molecule has 14 heavy (non-hydrogen) atoms. The highest BCUT2D eigenvalue weighted by atomic mass is 16.6. The Balaban J connectivity index is 2.21. The van der Waals surface area contributed by atoms with Gasteiger partial charge in [-0.05, 0) is 6.42 Å². The fourth-order valence-electron chi connectivity index (χ4n) is 1.61. The number of ether oxygens (including phenoxy) is 1. The second-order valence-corrected chi connectivity index (χ2v) is 3.72. The highest BCUT2D eigenvalue weighted by molar-refractivity contribution is 5.68. The Hall–Kier alpha value is -0.770. The largest absolute Gasteiger partial charge is 0.443 e. The molecule has 1 heterocycles. The minimum Gasteiger partial charge on any atom is -0.443 e. The van der Waals surface area contributed by atoms with E-state index in [1.54, 1.807) is 0 Å². The maximum absolute atomic E-state index is 10.9. The second kappa shape index (κ2) is 5.86. The standard InChI is InChI=1S/C10H19NO3/c1-2-3-4-5-8(12)9-6-7-11-10(13)14-9/h8-9,12H,2-7H2,1H3,(H,11,13). The van der Waals surface area contributed by atoms with Gasteiger partial charge in [0.2, 0.25) is 0 Å². The van der Waals surface area contributed by atoms with Crippen LogP contribution in [0.3, 0.4) is 0 Å². The number of hydrogen-bond acceptors (Lipinski definition) is 3. The molecule has 0 aromatic heterocycles. The number of unbranched alkanes of at least 4 members (excludes halogenated alkanes) is 2. The number of alkyl carbamates (subject to hydrolysis) is 1. The van der Waals surface area contributed by atoms with Crippen molar-refractivity contribution in [2.75, 3.05) is 6.54 Å². The first-order chi connectivity index (χ1) is 6.74. The molecule has 1 fully saturated rings. The number of cyclic esters (lactones) is 1. The topological polar surface area (TPSA) is 58.6 Å². The van der Waals surface area contributed by atoms with Crippen molar-refractivity contribution < 1.29 is 14.6 Å². The normalized spacial score (nSPS) is 23.9. The van der Waals surface area contributed by atoms with Crippen LogP contribution in [0, 0.1) is 0 Å². The Morgan fingerprint density at radius 1 is 1.64 bits per heavy atom. The minimum atomic E-state index is -0.493. The summed E-state index contributed by atoms with van der Waals surface area (Å²) in [6, 6.07) is 0. The molecule has 0 saturated carbocycles. The lowest BCUT2D eigenvalue weighted by Gasteiger charge is -2.27. The number of aliphatic hydroxyl groups is 1.